The number of nitrogens with two attached hydrogens (primary N) is 1. The number of nitrogens with one attached hydrogen (secondary N) is 1. The Morgan fingerprint density at radius 3 is 2.38 bits per heavy atom. The van der Waals surface area contributed by atoms with E-state index in [0.29, 0.717) is 33.9 Å². The van der Waals surface area contributed by atoms with E-state index in [2.05, 4.69) is 35.0 Å². The zero-order valence-electron chi connectivity index (χ0n) is 22.1. The monoisotopic (exact) mass is 530 g/mol. The molecule has 0 atom stereocenters. The molecule has 3 rings (SSSR count). The molecule has 0 radical (unpaired) electrons. The van der Waals surface area contributed by atoms with E-state index in [1.165, 1.54) is 44.4 Å². The molecule has 8 nitrogen and oxygen atoms in total. The largest absolute Gasteiger partial charge is 0.369 e. The fraction of sp³-hybridized carbons (Fsp3) is 0.444. The summed E-state index contributed by atoms with van der Waals surface area (Å²) in [5, 5.41) is 15.6. The highest BCUT2D eigenvalue weighted by Gasteiger charge is 2.18. The maximum absolute atomic E-state index is 14.6. The Kier molecular flexibility index (Phi) is 13.9. The molecule has 0 saturated carbocycles. The van der Waals surface area contributed by atoms with E-state index in [-0.39, 0.29) is 12.3 Å². The second-order valence-corrected chi connectivity index (χ2v) is 9.10. The molecule has 37 heavy (non-hydrogen) atoms. The molecule has 2 amide bonds. The van der Waals surface area contributed by atoms with Crippen LogP contribution in [0.2, 0.25) is 5.02 Å². The number of carbonyl (C=O) groups is 2. The van der Waals surface area contributed by atoms with E-state index in [4.69, 9.17) is 16.9 Å². The number of hydrogen-bond donors (Lipinski definition) is 2. The van der Waals surface area contributed by atoms with Gasteiger partial charge in [0.25, 0.3) is 0 Å². The van der Waals surface area contributed by atoms with Crippen molar-refractivity contribution in [2.75, 3.05) is 5.32 Å². The van der Waals surface area contributed by atoms with Crippen LogP contribution < -0.4 is 11.1 Å². The van der Waals surface area contributed by atoms with Gasteiger partial charge in [0.1, 0.15) is 17.8 Å². The summed E-state index contributed by atoms with van der Waals surface area (Å²) in [6.45, 7) is 8.56. The van der Waals surface area contributed by atoms with Crippen LogP contribution in [0.15, 0.2) is 24.4 Å². The predicted octanol–water partition coefficient (Wildman–Crippen LogP) is 6.48. The van der Waals surface area contributed by atoms with Crippen molar-refractivity contribution in [2.24, 2.45) is 12.8 Å². The van der Waals surface area contributed by atoms with Crippen LogP contribution in [0, 0.1) is 17.1 Å². The van der Waals surface area contributed by atoms with Crippen LogP contribution in [0.5, 0.6) is 0 Å². The fourth-order valence-electron chi connectivity index (χ4n) is 3.67. The Morgan fingerprint density at radius 2 is 1.89 bits per heavy atom. The van der Waals surface area contributed by atoms with E-state index < -0.39 is 11.7 Å². The molecule has 0 bridgehead atoms. The number of anilines is 1. The van der Waals surface area contributed by atoms with Crippen LogP contribution >= 0.6 is 11.6 Å². The Morgan fingerprint density at radius 1 is 1.24 bits per heavy atom. The Bertz CT molecular complexity index is 1220. The van der Waals surface area contributed by atoms with Crippen molar-refractivity contribution in [1.82, 2.24) is 14.8 Å². The van der Waals surface area contributed by atoms with Gasteiger partial charge >= 0.3 is 0 Å². The van der Waals surface area contributed by atoms with Gasteiger partial charge in [-0.3, -0.25) is 14.3 Å². The second-order valence-electron chi connectivity index (χ2n) is 8.69. The lowest BCUT2D eigenvalue weighted by molar-refractivity contribution is -0.117. The number of aryl methyl sites for hydroxylation is 1. The number of unbranched alkanes of at least 4 members (excludes halogenated alkanes) is 4. The predicted molar refractivity (Wildman–Crippen MR) is 147 cm³/mol. The number of nitriles is 1. The summed E-state index contributed by atoms with van der Waals surface area (Å²) in [7, 11) is 1.81. The molecule has 0 aliphatic rings. The van der Waals surface area contributed by atoms with Crippen LogP contribution in [-0.2, 0) is 16.6 Å². The fourth-order valence-corrected chi connectivity index (χ4v) is 3.88. The van der Waals surface area contributed by atoms with Crippen molar-refractivity contribution < 1.29 is 14.0 Å². The topological polar surface area (TPSA) is 127 Å². The van der Waals surface area contributed by atoms with Gasteiger partial charge in [0, 0.05) is 29.9 Å². The van der Waals surface area contributed by atoms with Crippen molar-refractivity contribution in [2.45, 2.75) is 72.1 Å². The first-order valence-corrected chi connectivity index (χ1v) is 12.7. The third-order valence-corrected chi connectivity index (χ3v) is 5.62. The minimum Gasteiger partial charge on any atom is -0.369 e. The van der Waals surface area contributed by atoms with Crippen LogP contribution in [0.25, 0.3) is 22.0 Å². The molecular formula is C27H36ClFN6O2. The first-order chi connectivity index (χ1) is 17.6. The zero-order valence-corrected chi connectivity index (χ0v) is 22.9. The number of carbonyl (C=O) groups excluding carboxylic acids is 2. The van der Waals surface area contributed by atoms with E-state index in [9.17, 15) is 14.0 Å². The van der Waals surface area contributed by atoms with Gasteiger partial charge in [-0.1, -0.05) is 71.4 Å². The summed E-state index contributed by atoms with van der Waals surface area (Å²) >= 11 is 6.22. The molecular weight excluding hydrogens is 495 g/mol. The minimum atomic E-state index is -0.572. The highest BCUT2D eigenvalue weighted by molar-refractivity contribution is 6.33. The summed E-state index contributed by atoms with van der Waals surface area (Å²) < 4.78 is 16.3. The number of hydrogen-bond acceptors (Lipinski definition) is 5. The molecule has 0 unspecified atom stereocenters. The molecule has 3 aromatic rings. The lowest BCUT2D eigenvalue weighted by Gasteiger charge is -2.09. The summed E-state index contributed by atoms with van der Waals surface area (Å²) in [6.07, 6.45) is 8.79. The Hall–Kier alpha value is -3.51. The van der Waals surface area contributed by atoms with Crippen molar-refractivity contribution >= 4 is 40.6 Å². The maximum atomic E-state index is 14.6. The summed E-state index contributed by atoms with van der Waals surface area (Å²) in [4.78, 5) is 24.2. The van der Waals surface area contributed by atoms with Crippen molar-refractivity contribution in [3.05, 3.63) is 40.9 Å². The molecule has 3 N–H and O–H groups in total. The number of halogens is 2. The number of nitrogens with zero attached hydrogens (tertiary/aromatic N) is 4. The standard InChI is InChI=1S/C17H16ClFN4O.C7H16.C3H4N2O/c1-9(2)17-12-4-10(5-14(19)16(12)22-23(17)3)11-6-15(21-8-24)20-7-13(11)18;1-3-5-7-6-4-2;4-2-1-3(5)6/h4-9H,1-3H3,(H,20,21,24);3-7H2,1-2H3;1H2,(H2,5,6). The molecule has 0 fully saturated rings. The molecule has 2 aromatic heterocycles. The normalized spacial score (nSPS) is 10.1. The number of pyridine rings is 1. The lowest BCUT2D eigenvalue weighted by Crippen LogP contribution is -2.07. The first-order valence-electron chi connectivity index (χ1n) is 12.3. The average molecular weight is 531 g/mol. The molecule has 10 heteroatoms. The van der Waals surface area contributed by atoms with Gasteiger partial charge in [-0.2, -0.15) is 10.4 Å². The summed E-state index contributed by atoms with van der Waals surface area (Å²) in [6, 6.07) is 6.47. The van der Waals surface area contributed by atoms with Gasteiger partial charge in [0.05, 0.1) is 11.1 Å². The highest BCUT2D eigenvalue weighted by Crippen LogP contribution is 2.35. The molecule has 0 spiro atoms. The van der Waals surface area contributed by atoms with Gasteiger partial charge in [-0.05, 0) is 29.7 Å². The number of aromatic nitrogens is 3. The maximum Gasteiger partial charge on any atom is 0.231 e. The summed E-state index contributed by atoms with van der Waals surface area (Å²) in [5.74, 6) is -0.449. The summed E-state index contributed by atoms with van der Waals surface area (Å²) in [5.41, 5.74) is 7.02. The second kappa shape index (κ2) is 16.3. The number of fused-ring (bicyclic) bond motifs is 1. The Labute approximate surface area is 223 Å². The van der Waals surface area contributed by atoms with Crippen molar-refractivity contribution in [1.29, 1.82) is 5.26 Å². The molecule has 0 aliphatic carbocycles. The quantitative estimate of drug-likeness (QED) is 0.242. The molecule has 1 aromatic carbocycles. The number of primary amides is 1. The van der Waals surface area contributed by atoms with Crippen LogP contribution in [0.1, 0.15) is 77.8 Å². The Balaban J connectivity index is 0.000000437. The zero-order chi connectivity index (χ0) is 28.0. The number of benzene rings is 1. The van der Waals surface area contributed by atoms with Gasteiger partial charge < -0.3 is 11.1 Å². The van der Waals surface area contributed by atoms with Gasteiger partial charge in [-0.15, -0.1) is 0 Å². The van der Waals surface area contributed by atoms with E-state index in [0.717, 1.165) is 11.1 Å². The lowest BCUT2D eigenvalue weighted by atomic mass is 10.00. The molecule has 200 valence electrons. The average Bonchev–Trinajstić information content (AvgIpc) is 3.18. The van der Waals surface area contributed by atoms with Crippen molar-refractivity contribution in [3.8, 4) is 17.2 Å². The van der Waals surface area contributed by atoms with E-state index >= 15 is 0 Å². The van der Waals surface area contributed by atoms with Gasteiger partial charge in [0.15, 0.2) is 5.82 Å². The first kappa shape index (κ1) is 31.5. The van der Waals surface area contributed by atoms with Crippen molar-refractivity contribution in [3.63, 3.8) is 0 Å². The molecule has 0 saturated heterocycles. The van der Waals surface area contributed by atoms with Gasteiger partial charge in [0.2, 0.25) is 12.3 Å². The van der Waals surface area contributed by atoms with Gasteiger partial charge in [-0.25, -0.2) is 9.37 Å². The van der Waals surface area contributed by atoms with E-state index in [1.54, 1.807) is 23.9 Å². The van der Waals surface area contributed by atoms with Crippen LogP contribution in [0.3, 0.4) is 0 Å². The van der Waals surface area contributed by atoms with Crippen LogP contribution in [-0.4, -0.2) is 27.1 Å². The molecule has 0 aliphatic heterocycles. The highest BCUT2D eigenvalue weighted by atomic mass is 35.5. The minimum absolute atomic E-state index is 0.181. The third-order valence-electron chi connectivity index (χ3n) is 5.32. The van der Waals surface area contributed by atoms with Crippen LogP contribution in [0.4, 0.5) is 10.2 Å². The third kappa shape index (κ3) is 9.81. The van der Waals surface area contributed by atoms with E-state index in [1.807, 2.05) is 19.9 Å². The SMILES string of the molecule is CC(C)c1c2cc(-c3cc(NC=O)ncc3Cl)cc(F)c2nn1C.CCCCCCC.N#CCC(N)=O. The number of rotatable bonds is 9. The molecule has 2 heterocycles. The number of amides is 2. The smallest absolute Gasteiger partial charge is 0.231 e.